The Bertz CT molecular complexity index is 459. The second kappa shape index (κ2) is 6.71. The predicted octanol–water partition coefficient (Wildman–Crippen LogP) is 7.50. The molecular formula is C23H39I. The molecule has 0 heterocycles. The maximum atomic E-state index is 2.73. The van der Waals surface area contributed by atoms with Crippen molar-refractivity contribution in [2.24, 2.45) is 46.3 Å². The summed E-state index contributed by atoms with van der Waals surface area (Å²) in [5, 5.41) is 0. The Morgan fingerprint density at radius 2 is 1.67 bits per heavy atom. The van der Waals surface area contributed by atoms with Gasteiger partial charge >= 0.3 is 0 Å². The summed E-state index contributed by atoms with van der Waals surface area (Å²) in [7, 11) is 0. The second-order valence-electron chi connectivity index (χ2n) is 10.6. The van der Waals surface area contributed by atoms with Gasteiger partial charge in [-0.2, -0.15) is 0 Å². The van der Waals surface area contributed by atoms with E-state index in [1.807, 2.05) is 0 Å². The summed E-state index contributed by atoms with van der Waals surface area (Å²) in [4.78, 5) is 0. The first kappa shape index (κ1) is 18.1. The fourth-order valence-electron chi connectivity index (χ4n) is 8.64. The third kappa shape index (κ3) is 2.64. The van der Waals surface area contributed by atoms with Crippen LogP contribution in [0, 0.1) is 46.3 Å². The lowest BCUT2D eigenvalue weighted by Crippen LogP contribution is -2.53. The Labute approximate surface area is 164 Å². The van der Waals surface area contributed by atoms with Crippen molar-refractivity contribution in [3.05, 3.63) is 0 Å². The lowest BCUT2D eigenvalue weighted by Gasteiger charge is -2.61. The number of halogens is 1. The van der Waals surface area contributed by atoms with Gasteiger partial charge in [0.1, 0.15) is 0 Å². The fourth-order valence-corrected chi connectivity index (χ4v) is 9.63. The highest BCUT2D eigenvalue weighted by Gasteiger charge is 2.59. The van der Waals surface area contributed by atoms with Gasteiger partial charge in [0.25, 0.3) is 0 Å². The van der Waals surface area contributed by atoms with Crippen molar-refractivity contribution in [2.75, 3.05) is 4.43 Å². The summed E-state index contributed by atoms with van der Waals surface area (Å²) in [6.07, 6.45) is 17.0. The molecule has 0 aromatic carbocycles. The molecule has 0 aromatic heterocycles. The Morgan fingerprint density at radius 1 is 0.875 bits per heavy atom. The standard InChI is InChI=1S/C23H39I/c1-16(12-15-24)19-9-10-20-18-8-7-17-6-4-5-13-22(17,2)21(18)11-14-23(19,20)3/h16-21H,4-15H2,1-3H3/t16?,17-,18?,19?,20?,21?,22?,23?/m0/s1. The van der Waals surface area contributed by atoms with Crippen LogP contribution in [0.3, 0.4) is 0 Å². The van der Waals surface area contributed by atoms with Crippen LogP contribution < -0.4 is 0 Å². The monoisotopic (exact) mass is 442 g/mol. The molecule has 0 amide bonds. The summed E-state index contributed by atoms with van der Waals surface area (Å²) >= 11 is 2.59. The van der Waals surface area contributed by atoms with E-state index in [9.17, 15) is 0 Å². The van der Waals surface area contributed by atoms with E-state index < -0.39 is 0 Å². The molecule has 4 aliphatic rings. The molecule has 1 heteroatoms. The third-order valence-electron chi connectivity index (χ3n) is 9.91. The van der Waals surface area contributed by atoms with Gasteiger partial charge in [-0.05, 0) is 109 Å². The van der Waals surface area contributed by atoms with E-state index in [-0.39, 0.29) is 0 Å². The highest BCUT2D eigenvalue weighted by Crippen LogP contribution is 2.68. The Morgan fingerprint density at radius 3 is 2.46 bits per heavy atom. The molecule has 0 aliphatic heterocycles. The number of fused-ring (bicyclic) bond motifs is 5. The first-order valence-corrected chi connectivity index (χ1v) is 12.6. The van der Waals surface area contributed by atoms with E-state index in [4.69, 9.17) is 0 Å². The zero-order chi connectivity index (χ0) is 16.9. The number of rotatable bonds is 3. The van der Waals surface area contributed by atoms with Crippen molar-refractivity contribution >= 4 is 22.6 Å². The molecule has 4 fully saturated rings. The molecule has 8 atom stereocenters. The van der Waals surface area contributed by atoms with Gasteiger partial charge in [0.05, 0.1) is 0 Å². The van der Waals surface area contributed by atoms with E-state index >= 15 is 0 Å². The molecule has 4 aliphatic carbocycles. The van der Waals surface area contributed by atoms with E-state index in [0.29, 0.717) is 10.8 Å². The molecule has 0 bridgehead atoms. The van der Waals surface area contributed by atoms with Gasteiger partial charge in [0.2, 0.25) is 0 Å². The smallest absolute Gasteiger partial charge is 0.000209 e. The molecule has 4 rings (SSSR count). The summed E-state index contributed by atoms with van der Waals surface area (Å²) < 4.78 is 1.35. The third-order valence-corrected chi connectivity index (χ3v) is 10.5. The van der Waals surface area contributed by atoms with Crippen LogP contribution in [0.25, 0.3) is 0 Å². The van der Waals surface area contributed by atoms with Gasteiger partial charge in [-0.1, -0.05) is 56.2 Å². The van der Waals surface area contributed by atoms with Crippen molar-refractivity contribution in [3.63, 3.8) is 0 Å². The Balaban J connectivity index is 1.57. The van der Waals surface area contributed by atoms with Crippen LogP contribution in [0.5, 0.6) is 0 Å². The minimum absolute atomic E-state index is 0.685. The molecule has 0 aromatic rings. The van der Waals surface area contributed by atoms with E-state index in [2.05, 4.69) is 43.4 Å². The molecular weight excluding hydrogens is 403 g/mol. The summed E-state index contributed by atoms with van der Waals surface area (Å²) in [6.45, 7) is 8.02. The maximum Gasteiger partial charge on any atom is -0.000209 e. The SMILES string of the molecule is CC(CCI)C1CCC2C3CC[C@@H]4CCCCC4(C)C3CCC12C. The van der Waals surface area contributed by atoms with Crippen molar-refractivity contribution in [1.29, 1.82) is 0 Å². The average Bonchev–Trinajstić information content (AvgIpc) is 2.92. The van der Waals surface area contributed by atoms with Crippen molar-refractivity contribution < 1.29 is 0 Å². The Hall–Kier alpha value is 0.730. The Kier molecular flexibility index (Phi) is 5.07. The minimum atomic E-state index is 0.685. The second-order valence-corrected chi connectivity index (χ2v) is 11.7. The van der Waals surface area contributed by atoms with Gasteiger partial charge in [-0.15, -0.1) is 0 Å². The van der Waals surface area contributed by atoms with Crippen LogP contribution in [0.15, 0.2) is 0 Å². The van der Waals surface area contributed by atoms with Crippen molar-refractivity contribution in [3.8, 4) is 0 Å². The van der Waals surface area contributed by atoms with Crippen LogP contribution in [0.1, 0.15) is 91.4 Å². The molecule has 0 radical (unpaired) electrons. The number of hydrogen-bond acceptors (Lipinski definition) is 0. The van der Waals surface area contributed by atoms with Gasteiger partial charge in [-0.25, -0.2) is 0 Å². The highest BCUT2D eigenvalue weighted by molar-refractivity contribution is 14.1. The predicted molar refractivity (Wildman–Crippen MR) is 113 cm³/mol. The molecule has 24 heavy (non-hydrogen) atoms. The first-order chi connectivity index (χ1) is 11.5. The van der Waals surface area contributed by atoms with Crippen LogP contribution in [-0.2, 0) is 0 Å². The molecule has 0 nitrogen and oxygen atoms in total. The largest absolute Gasteiger partial charge is 0.0864 e. The lowest BCUT2D eigenvalue weighted by atomic mass is 9.44. The van der Waals surface area contributed by atoms with E-state index in [1.54, 1.807) is 51.4 Å². The zero-order valence-electron chi connectivity index (χ0n) is 16.3. The zero-order valence-corrected chi connectivity index (χ0v) is 18.5. The van der Waals surface area contributed by atoms with Crippen LogP contribution >= 0.6 is 22.6 Å². The molecule has 0 saturated heterocycles. The van der Waals surface area contributed by atoms with E-state index in [0.717, 1.165) is 35.5 Å². The average molecular weight is 442 g/mol. The van der Waals surface area contributed by atoms with Crippen LogP contribution in [-0.4, -0.2) is 4.43 Å². The quantitative estimate of drug-likeness (QED) is 0.314. The van der Waals surface area contributed by atoms with Gasteiger partial charge in [-0.3, -0.25) is 0 Å². The highest BCUT2D eigenvalue weighted by atomic mass is 127. The number of alkyl halides is 1. The van der Waals surface area contributed by atoms with Crippen LogP contribution in [0.2, 0.25) is 0 Å². The van der Waals surface area contributed by atoms with Crippen LogP contribution in [0.4, 0.5) is 0 Å². The summed E-state index contributed by atoms with van der Waals surface area (Å²) in [6, 6.07) is 0. The summed E-state index contributed by atoms with van der Waals surface area (Å²) in [5.74, 6) is 6.28. The normalized spacial score (nSPS) is 52.2. The molecule has 4 saturated carbocycles. The van der Waals surface area contributed by atoms with Crippen molar-refractivity contribution in [2.45, 2.75) is 91.4 Å². The maximum absolute atomic E-state index is 2.73. The molecule has 138 valence electrons. The van der Waals surface area contributed by atoms with Gasteiger partial charge in [0, 0.05) is 0 Å². The topological polar surface area (TPSA) is 0 Å². The molecule has 0 spiro atoms. The minimum Gasteiger partial charge on any atom is -0.0864 e. The lowest BCUT2D eigenvalue weighted by molar-refractivity contribution is -0.114. The summed E-state index contributed by atoms with van der Waals surface area (Å²) in [5.41, 5.74) is 1.40. The van der Waals surface area contributed by atoms with Gasteiger partial charge in [0.15, 0.2) is 0 Å². The first-order valence-electron chi connectivity index (χ1n) is 11.1. The van der Waals surface area contributed by atoms with Gasteiger partial charge < -0.3 is 0 Å². The number of hydrogen-bond donors (Lipinski definition) is 0. The van der Waals surface area contributed by atoms with E-state index in [1.165, 1.54) is 23.7 Å². The fraction of sp³-hybridized carbons (Fsp3) is 1.00. The van der Waals surface area contributed by atoms with Crippen molar-refractivity contribution in [1.82, 2.24) is 0 Å². The molecule has 0 N–H and O–H groups in total. The molecule has 7 unspecified atom stereocenters.